The van der Waals surface area contributed by atoms with Crippen molar-refractivity contribution in [3.63, 3.8) is 0 Å². The van der Waals surface area contributed by atoms with Crippen molar-refractivity contribution in [3.05, 3.63) is 0 Å². The van der Waals surface area contributed by atoms with Crippen LogP contribution in [0.5, 0.6) is 0 Å². The first-order chi connectivity index (χ1) is 6.86. The second-order valence-corrected chi connectivity index (χ2v) is 5.27. The van der Waals surface area contributed by atoms with E-state index in [0.29, 0.717) is 25.4 Å². The highest BCUT2D eigenvalue weighted by Crippen LogP contribution is 2.40. The zero-order chi connectivity index (χ0) is 11.6. The van der Waals surface area contributed by atoms with Crippen LogP contribution in [0, 0.1) is 17.3 Å². The van der Waals surface area contributed by atoms with Crippen molar-refractivity contribution in [2.75, 3.05) is 6.61 Å². The Morgan fingerprint density at radius 2 is 2.07 bits per heavy atom. The molecular weight excluding hydrogens is 192 g/mol. The Balaban J connectivity index is 2.65. The van der Waals surface area contributed by atoms with E-state index in [1.165, 1.54) is 0 Å². The van der Waals surface area contributed by atoms with Crippen LogP contribution in [0.4, 0.5) is 0 Å². The number of carbonyl (C=O) groups excluding carboxylic acids is 2. The quantitative estimate of drug-likeness (QED) is 0.520. The molecule has 0 heterocycles. The van der Waals surface area contributed by atoms with Crippen LogP contribution in [0.15, 0.2) is 0 Å². The van der Waals surface area contributed by atoms with Gasteiger partial charge >= 0.3 is 5.97 Å². The average molecular weight is 212 g/mol. The highest BCUT2D eigenvalue weighted by atomic mass is 16.5. The van der Waals surface area contributed by atoms with Crippen LogP contribution < -0.4 is 0 Å². The fourth-order valence-corrected chi connectivity index (χ4v) is 2.01. The van der Waals surface area contributed by atoms with Crippen LogP contribution in [0.2, 0.25) is 0 Å². The molecule has 0 aromatic heterocycles. The zero-order valence-electron chi connectivity index (χ0n) is 10.0. The number of ether oxygens (including phenoxy) is 1. The molecule has 1 fully saturated rings. The number of esters is 1. The van der Waals surface area contributed by atoms with Gasteiger partial charge in [-0.3, -0.25) is 9.59 Å². The van der Waals surface area contributed by atoms with Gasteiger partial charge in [0, 0.05) is 6.42 Å². The van der Waals surface area contributed by atoms with Crippen molar-refractivity contribution in [2.45, 2.75) is 40.5 Å². The Morgan fingerprint density at radius 1 is 1.47 bits per heavy atom. The van der Waals surface area contributed by atoms with Crippen LogP contribution in [0.3, 0.4) is 0 Å². The van der Waals surface area contributed by atoms with Gasteiger partial charge in [-0.1, -0.05) is 20.8 Å². The van der Waals surface area contributed by atoms with Crippen molar-refractivity contribution in [1.82, 2.24) is 0 Å². The van der Waals surface area contributed by atoms with Gasteiger partial charge in [0.1, 0.15) is 11.7 Å². The topological polar surface area (TPSA) is 43.4 Å². The van der Waals surface area contributed by atoms with Gasteiger partial charge in [-0.25, -0.2) is 0 Å². The first-order valence-corrected chi connectivity index (χ1v) is 5.55. The van der Waals surface area contributed by atoms with E-state index in [2.05, 4.69) is 20.8 Å². The lowest BCUT2D eigenvalue weighted by molar-refractivity contribution is -0.150. The monoisotopic (exact) mass is 212 g/mol. The van der Waals surface area contributed by atoms with E-state index in [0.717, 1.165) is 0 Å². The van der Waals surface area contributed by atoms with Gasteiger partial charge in [-0.2, -0.15) is 0 Å². The molecule has 1 saturated carbocycles. The molecule has 0 bridgehead atoms. The lowest BCUT2D eigenvalue weighted by Gasteiger charge is -2.25. The molecule has 0 aromatic rings. The van der Waals surface area contributed by atoms with E-state index in [1.54, 1.807) is 6.92 Å². The molecule has 0 amide bonds. The fourth-order valence-electron chi connectivity index (χ4n) is 2.01. The minimum Gasteiger partial charge on any atom is -0.465 e. The van der Waals surface area contributed by atoms with Gasteiger partial charge in [0.25, 0.3) is 0 Å². The van der Waals surface area contributed by atoms with Crippen LogP contribution in [0.25, 0.3) is 0 Å². The Bertz CT molecular complexity index is 263. The average Bonchev–Trinajstić information content (AvgIpc) is 2.47. The highest BCUT2D eigenvalue weighted by Gasteiger charge is 2.42. The summed E-state index contributed by atoms with van der Waals surface area (Å²) in [6.07, 6.45) is 1.17. The largest absolute Gasteiger partial charge is 0.465 e. The van der Waals surface area contributed by atoms with Crippen LogP contribution in [-0.2, 0) is 14.3 Å². The van der Waals surface area contributed by atoms with Gasteiger partial charge in [0.05, 0.1) is 6.61 Å². The standard InChI is InChI=1S/C12H20O3/c1-5-15-11(14)9-6-8(7-10(9)13)12(2,3)4/h8-9H,5-7H2,1-4H3/t8-,9-/m1/s1. The summed E-state index contributed by atoms with van der Waals surface area (Å²) in [6.45, 7) is 8.44. The molecule has 1 aliphatic carbocycles. The summed E-state index contributed by atoms with van der Waals surface area (Å²) in [5.41, 5.74) is 0.0942. The van der Waals surface area contributed by atoms with E-state index in [-0.39, 0.29) is 17.2 Å². The van der Waals surface area contributed by atoms with E-state index >= 15 is 0 Å². The predicted octanol–water partition coefficient (Wildman–Crippen LogP) is 2.19. The first-order valence-electron chi connectivity index (χ1n) is 5.55. The predicted molar refractivity (Wildman–Crippen MR) is 57.3 cm³/mol. The fraction of sp³-hybridized carbons (Fsp3) is 0.833. The van der Waals surface area contributed by atoms with Gasteiger partial charge in [0.15, 0.2) is 0 Å². The number of rotatable bonds is 2. The van der Waals surface area contributed by atoms with E-state index in [4.69, 9.17) is 4.74 Å². The van der Waals surface area contributed by atoms with Gasteiger partial charge in [-0.05, 0) is 24.7 Å². The summed E-state index contributed by atoms with van der Waals surface area (Å²) in [7, 11) is 0. The van der Waals surface area contributed by atoms with Crippen LogP contribution in [-0.4, -0.2) is 18.4 Å². The number of hydrogen-bond donors (Lipinski definition) is 0. The molecule has 0 aliphatic heterocycles. The smallest absolute Gasteiger partial charge is 0.316 e. The second kappa shape index (κ2) is 4.33. The molecule has 86 valence electrons. The Morgan fingerprint density at radius 3 is 2.47 bits per heavy atom. The SMILES string of the molecule is CCOC(=O)[C@@H]1C[C@@H](C(C)(C)C)CC1=O. The van der Waals surface area contributed by atoms with Crippen molar-refractivity contribution >= 4 is 11.8 Å². The number of Topliss-reactive ketones (excluding diaryl/α,β-unsaturated/α-hetero) is 1. The molecule has 3 nitrogen and oxygen atoms in total. The molecule has 0 unspecified atom stereocenters. The molecule has 0 saturated heterocycles. The van der Waals surface area contributed by atoms with Gasteiger partial charge in [-0.15, -0.1) is 0 Å². The third-order valence-corrected chi connectivity index (χ3v) is 3.15. The third kappa shape index (κ3) is 2.80. The highest BCUT2D eigenvalue weighted by molar-refractivity contribution is 6.00. The molecule has 1 rings (SSSR count). The normalized spacial score (nSPS) is 26.8. The minimum absolute atomic E-state index is 0.0494. The summed E-state index contributed by atoms with van der Waals surface area (Å²) in [6, 6.07) is 0. The summed E-state index contributed by atoms with van der Waals surface area (Å²) < 4.78 is 4.90. The molecule has 0 radical (unpaired) electrons. The first kappa shape index (κ1) is 12.2. The minimum atomic E-state index is -0.505. The van der Waals surface area contributed by atoms with E-state index in [1.807, 2.05) is 0 Å². The number of ketones is 1. The Hall–Kier alpha value is -0.860. The van der Waals surface area contributed by atoms with Crippen LogP contribution >= 0.6 is 0 Å². The summed E-state index contributed by atoms with van der Waals surface area (Å²) >= 11 is 0. The van der Waals surface area contributed by atoms with Crippen molar-refractivity contribution in [2.24, 2.45) is 17.3 Å². The zero-order valence-corrected chi connectivity index (χ0v) is 10.0. The van der Waals surface area contributed by atoms with Crippen molar-refractivity contribution in [1.29, 1.82) is 0 Å². The summed E-state index contributed by atoms with van der Waals surface area (Å²) in [5.74, 6) is -0.490. The lowest BCUT2D eigenvalue weighted by Crippen LogP contribution is -2.22. The maximum Gasteiger partial charge on any atom is 0.316 e. The maximum absolute atomic E-state index is 11.6. The van der Waals surface area contributed by atoms with Gasteiger partial charge < -0.3 is 4.74 Å². The lowest BCUT2D eigenvalue weighted by atomic mass is 9.79. The second-order valence-electron chi connectivity index (χ2n) is 5.27. The summed E-state index contributed by atoms with van der Waals surface area (Å²) in [4.78, 5) is 23.1. The molecule has 0 aromatic carbocycles. The third-order valence-electron chi connectivity index (χ3n) is 3.15. The van der Waals surface area contributed by atoms with Crippen molar-refractivity contribution < 1.29 is 14.3 Å². The van der Waals surface area contributed by atoms with Crippen LogP contribution in [0.1, 0.15) is 40.5 Å². The molecule has 2 atom stereocenters. The Labute approximate surface area is 91.2 Å². The molecule has 3 heteroatoms. The number of carbonyl (C=O) groups is 2. The van der Waals surface area contributed by atoms with E-state index in [9.17, 15) is 9.59 Å². The molecule has 0 N–H and O–H groups in total. The van der Waals surface area contributed by atoms with Gasteiger partial charge in [0.2, 0.25) is 0 Å². The molecular formula is C12H20O3. The number of hydrogen-bond acceptors (Lipinski definition) is 3. The maximum atomic E-state index is 11.6. The van der Waals surface area contributed by atoms with E-state index < -0.39 is 5.92 Å². The molecule has 1 aliphatic rings. The van der Waals surface area contributed by atoms with Crippen molar-refractivity contribution in [3.8, 4) is 0 Å². The molecule has 0 spiro atoms. The molecule has 15 heavy (non-hydrogen) atoms. The Kier molecular flexibility index (Phi) is 3.53. The summed E-state index contributed by atoms with van der Waals surface area (Å²) in [5, 5.41) is 0.